The second-order valence-corrected chi connectivity index (χ2v) is 3.40. The summed E-state index contributed by atoms with van der Waals surface area (Å²) in [6, 6.07) is 6.41. The van der Waals surface area contributed by atoms with E-state index in [9.17, 15) is 4.79 Å². The Kier molecular flexibility index (Phi) is 4.32. The van der Waals surface area contributed by atoms with Crippen LogP contribution in [0.15, 0.2) is 43.2 Å². The lowest BCUT2D eigenvalue weighted by molar-refractivity contribution is 0.195. The molecule has 0 aliphatic carbocycles. The van der Waals surface area contributed by atoms with E-state index in [4.69, 9.17) is 21.6 Å². The molecular weight excluding hydrogens is 240 g/mol. The molecule has 86 valence electrons. The Morgan fingerprint density at radius 2 is 2.29 bits per heavy atom. The van der Waals surface area contributed by atoms with Gasteiger partial charge in [-0.1, -0.05) is 24.8 Å². The number of carbonyl (C=O) groups is 1. The third-order valence-corrected chi connectivity index (χ3v) is 2.10. The van der Waals surface area contributed by atoms with Crippen molar-refractivity contribution in [2.75, 3.05) is 5.32 Å². The number of hydrogen-bond acceptors (Lipinski definition) is 3. The smallest absolute Gasteiger partial charge is 0.411 e. The molecule has 0 atom stereocenters. The van der Waals surface area contributed by atoms with Gasteiger partial charge >= 0.3 is 6.09 Å². The van der Waals surface area contributed by atoms with E-state index in [0.717, 1.165) is 0 Å². The highest BCUT2D eigenvalue weighted by molar-refractivity contribution is 6.32. The lowest BCUT2D eigenvalue weighted by Crippen LogP contribution is -2.12. The van der Waals surface area contributed by atoms with Crippen LogP contribution in [0.25, 0.3) is 0 Å². The molecule has 0 radical (unpaired) electrons. The van der Waals surface area contributed by atoms with Gasteiger partial charge in [0.15, 0.2) is 0 Å². The summed E-state index contributed by atoms with van der Waals surface area (Å²) >= 11 is 5.80. The molecule has 4 nitrogen and oxygen atoms in total. The van der Waals surface area contributed by atoms with Gasteiger partial charge in [0.25, 0.3) is 0 Å². The fraction of sp³-hybridized carbons (Fsp3) is 0. The lowest BCUT2D eigenvalue weighted by atomic mass is 10.2. The first-order valence-corrected chi connectivity index (χ1v) is 4.94. The number of amides is 1. The van der Waals surface area contributed by atoms with Crippen LogP contribution in [0.5, 0.6) is 0 Å². The van der Waals surface area contributed by atoms with Gasteiger partial charge in [-0.3, -0.25) is 5.32 Å². The number of benzene rings is 1. The molecule has 0 unspecified atom stereocenters. The Morgan fingerprint density at radius 3 is 2.82 bits per heavy atom. The van der Waals surface area contributed by atoms with E-state index < -0.39 is 6.09 Å². The van der Waals surface area contributed by atoms with Crippen molar-refractivity contribution in [2.45, 2.75) is 0 Å². The van der Waals surface area contributed by atoms with Crippen LogP contribution in [0, 0.1) is 11.3 Å². The molecular formula is C12H9ClN2O2. The zero-order valence-corrected chi connectivity index (χ0v) is 9.62. The molecule has 0 saturated carbocycles. The molecule has 1 rings (SSSR count). The van der Waals surface area contributed by atoms with Crippen molar-refractivity contribution >= 4 is 23.4 Å². The number of hydrogen-bond donors (Lipinski definition) is 1. The maximum atomic E-state index is 11.3. The first kappa shape index (κ1) is 12.8. The van der Waals surface area contributed by atoms with E-state index in [1.807, 2.05) is 6.07 Å². The fourth-order valence-electron chi connectivity index (χ4n) is 0.988. The highest BCUT2D eigenvalue weighted by atomic mass is 35.5. The molecule has 0 bridgehead atoms. The van der Waals surface area contributed by atoms with Crippen LogP contribution in [-0.4, -0.2) is 6.09 Å². The Labute approximate surface area is 104 Å². The summed E-state index contributed by atoms with van der Waals surface area (Å²) in [4.78, 5) is 11.3. The Hall–Kier alpha value is -2.25. The van der Waals surface area contributed by atoms with Crippen LogP contribution >= 0.6 is 11.6 Å². The number of carbonyl (C=O) groups excluding carboxylic acids is 1. The molecule has 0 aromatic heterocycles. The minimum absolute atomic E-state index is 0.141. The highest BCUT2D eigenvalue weighted by Gasteiger charge is 2.06. The quantitative estimate of drug-likeness (QED) is 0.658. The molecule has 1 N–H and O–H groups in total. The molecule has 5 heteroatoms. The first-order chi connectivity index (χ1) is 8.06. The first-order valence-electron chi connectivity index (χ1n) is 4.56. The molecule has 0 heterocycles. The third kappa shape index (κ3) is 3.67. The molecule has 1 aromatic carbocycles. The van der Waals surface area contributed by atoms with E-state index >= 15 is 0 Å². The third-order valence-electron chi connectivity index (χ3n) is 1.79. The predicted octanol–water partition coefficient (Wildman–Crippen LogP) is 3.46. The van der Waals surface area contributed by atoms with E-state index in [1.165, 1.54) is 18.2 Å². The zero-order chi connectivity index (χ0) is 12.8. The van der Waals surface area contributed by atoms with Crippen molar-refractivity contribution in [1.29, 1.82) is 5.26 Å². The number of ether oxygens (including phenoxy) is 1. The zero-order valence-electron chi connectivity index (χ0n) is 8.87. The van der Waals surface area contributed by atoms with Crippen LogP contribution in [0.2, 0.25) is 5.02 Å². The van der Waals surface area contributed by atoms with Gasteiger partial charge in [0.2, 0.25) is 0 Å². The van der Waals surface area contributed by atoms with Gasteiger partial charge < -0.3 is 4.74 Å². The summed E-state index contributed by atoms with van der Waals surface area (Å²) in [5.74, 6) is 0.141. The number of halogens is 1. The van der Waals surface area contributed by atoms with Gasteiger partial charge in [-0.15, -0.1) is 0 Å². The number of nitrogens with one attached hydrogen (secondary N) is 1. The van der Waals surface area contributed by atoms with Crippen molar-refractivity contribution < 1.29 is 9.53 Å². The number of rotatable bonds is 3. The summed E-state index contributed by atoms with van der Waals surface area (Å²) < 4.78 is 4.73. The standard InChI is InChI=1S/C12H9ClN2O2/c1-3-8(2)17-12(16)15-10-5-4-9(7-14)11(13)6-10/h3-6H,1-2H2,(H,15,16). The highest BCUT2D eigenvalue weighted by Crippen LogP contribution is 2.20. The topological polar surface area (TPSA) is 62.1 Å². The van der Waals surface area contributed by atoms with Crippen LogP contribution in [0.4, 0.5) is 10.5 Å². The van der Waals surface area contributed by atoms with Crippen LogP contribution in [0.1, 0.15) is 5.56 Å². The van der Waals surface area contributed by atoms with E-state index in [0.29, 0.717) is 11.3 Å². The summed E-state index contributed by atoms with van der Waals surface area (Å²) in [6.45, 7) is 6.83. The Morgan fingerprint density at radius 1 is 1.59 bits per heavy atom. The number of allylic oxidation sites excluding steroid dienone is 1. The van der Waals surface area contributed by atoms with Crippen LogP contribution in [-0.2, 0) is 4.74 Å². The number of nitrogens with zero attached hydrogens (tertiary/aromatic N) is 1. The molecule has 0 spiro atoms. The molecule has 0 aliphatic heterocycles. The van der Waals surface area contributed by atoms with Crippen molar-refractivity contribution in [3.63, 3.8) is 0 Å². The second kappa shape index (κ2) is 5.73. The summed E-state index contributed by atoms with van der Waals surface area (Å²) in [5, 5.41) is 11.4. The maximum absolute atomic E-state index is 11.3. The largest absolute Gasteiger partial charge is 0.417 e. The second-order valence-electron chi connectivity index (χ2n) is 2.99. The predicted molar refractivity (Wildman–Crippen MR) is 65.6 cm³/mol. The molecule has 1 amide bonds. The minimum Gasteiger partial charge on any atom is -0.411 e. The number of nitriles is 1. The SMILES string of the molecule is C=CC(=C)OC(=O)Nc1ccc(C#N)c(Cl)c1. The number of anilines is 1. The van der Waals surface area contributed by atoms with Crippen LogP contribution in [0.3, 0.4) is 0 Å². The van der Waals surface area contributed by atoms with Gasteiger partial charge in [-0.2, -0.15) is 5.26 Å². The maximum Gasteiger partial charge on any atom is 0.417 e. The van der Waals surface area contributed by atoms with Crippen LogP contribution < -0.4 is 5.32 Å². The minimum atomic E-state index is -0.698. The summed E-state index contributed by atoms with van der Waals surface area (Å²) in [6.07, 6.45) is 0.612. The van der Waals surface area contributed by atoms with Gasteiger partial charge in [-0.05, 0) is 24.3 Å². The average Bonchev–Trinajstić information content (AvgIpc) is 2.29. The monoisotopic (exact) mass is 248 g/mol. The molecule has 0 fully saturated rings. The van der Waals surface area contributed by atoms with Gasteiger partial charge in [0.05, 0.1) is 10.6 Å². The van der Waals surface area contributed by atoms with E-state index in [-0.39, 0.29) is 10.8 Å². The van der Waals surface area contributed by atoms with E-state index in [2.05, 4.69) is 18.5 Å². The molecule has 17 heavy (non-hydrogen) atoms. The fourth-order valence-corrected chi connectivity index (χ4v) is 1.21. The van der Waals surface area contributed by atoms with Crippen molar-refractivity contribution in [3.05, 3.63) is 53.8 Å². The molecule has 0 saturated heterocycles. The van der Waals surface area contributed by atoms with E-state index in [1.54, 1.807) is 6.07 Å². The van der Waals surface area contributed by atoms with Crippen molar-refractivity contribution in [3.8, 4) is 6.07 Å². The van der Waals surface area contributed by atoms with Gasteiger partial charge in [0.1, 0.15) is 11.8 Å². The average molecular weight is 249 g/mol. The Bertz CT molecular complexity index is 518. The molecule has 1 aromatic rings. The Balaban J connectivity index is 2.73. The van der Waals surface area contributed by atoms with Crippen molar-refractivity contribution in [2.24, 2.45) is 0 Å². The van der Waals surface area contributed by atoms with Gasteiger partial charge in [0, 0.05) is 5.69 Å². The van der Waals surface area contributed by atoms with Crippen molar-refractivity contribution in [1.82, 2.24) is 0 Å². The lowest BCUT2D eigenvalue weighted by Gasteiger charge is -2.06. The summed E-state index contributed by atoms with van der Waals surface area (Å²) in [5.41, 5.74) is 0.761. The van der Waals surface area contributed by atoms with Gasteiger partial charge in [-0.25, -0.2) is 4.79 Å². The normalized spacial score (nSPS) is 8.94. The summed E-state index contributed by atoms with van der Waals surface area (Å²) in [7, 11) is 0. The molecule has 0 aliphatic rings.